The van der Waals surface area contributed by atoms with Gasteiger partial charge in [-0.25, -0.2) is 24.3 Å². The smallest absolute Gasteiger partial charge is 0.339 e. The summed E-state index contributed by atoms with van der Waals surface area (Å²) in [6.45, 7) is 0.564. The lowest BCUT2D eigenvalue weighted by Crippen LogP contribution is -2.25. The summed E-state index contributed by atoms with van der Waals surface area (Å²) >= 11 is 1.53. The molecule has 13 heteroatoms. The number of rotatable bonds is 8. The predicted octanol–water partition coefficient (Wildman–Crippen LogP) is 3.48. The summed E-state index contributed by atoms with van der Waals surface area (Å²) in [4.78, 5) is 55.5. The Morgan fingerprint density at radius 2 is 1.86 bits per heavy atom. The zero-order valence-corrected chi connectivity index (χ0v) is 25.1. The lowest BCUT2D eigenvalue weighted by atomic mass is 10.0. The van der Waals surface area contributed by atoms with Crippen molar-refractivity contribution < 1.29 is 9.59 Å². The highest BCUT2D eigenvalue weighted by Crippen LogP contribution is 2.30. The van der Waals surface area contributed by atoms with Crippen LogP contribution in [-0.2, 0) is 17.6 Å². The first kappa shape index (κ1) is 29.0. The molecule has 4 N–H and O–H groups in total. The lowest BCUT2D eigenvalue weighted by Gasteiger charge is -2.16. The largest absolute Gasteiger partial charge is 0.382 e. The van der Waals surface area contributed by atoms with Gasteiger partial charge in [0.2, 0.25) is 5.91 Å². The number of hydrogen-bond acceptors (Lipinski definition) is 9. The first-order chi connectivity index (χ1) is 21.4. The Hall–Kier alpha value is -5.14. The molecule has 0 saturated heterocycles. The minimum atomic E-state index is -0.433. The van der Waals surface area contributed by atoms with E-state index in [1.54, 1.807) is 68.7 Å². The summed E-state index contributed by atoms with van der Waals surface area (Å²) in [7, 11) is 3.46. The summed E-state index contributed by atoms with van der Waals surface area (Å²) < 4.78 is 2.85. The molecule has 0 fully saturated rings. The minimum absolute atomic E-state index is 0.124. The third-order valence-electron chi connectivity index (χ3n) is 7.49. The van der Waals surface area contributed by atoms with Crippen molar-refractivity contribution in [3.05, 3.63) is 93.6 Å². The van der Waals surface area contributed by atoms with Crippen LogP contribution in [0.1, 0.15) is 33.8 Å². The Kier molecular flexibility index (Phi) is 8.05. The van der Waals surface area contributed by atoms with Gasteiger partial charge in [0.25, 0.3) is 5.91 Å². The number of aryl methyl sites for hydroxylation is 2. The molecule has 1 aliphatic carbocycles. The van der Waals surface area contributed by atoms with E-state index in [2.05, 4.69) is 25.6 Å². The van der Waals surface area contributed by atoms with Gasteiger partial charge in [-0.05, 0) is 75.2 Å². The van der Waals surface area contributed by atoms with Gasteiger partial charge in [0.15, 0.2) is 16.6 Å². The van der Waals surface area contributed by atoms with Crippen molar-refractivity contribution in [2.45, 2.75) is 25.7 Å². The third-order valence-corrected chi connectivity index (χ3v) is 8.56. The number of carbonyl (C=O) groups is 2. The fourth-order valence-corrected chi connectivity index (χ4v) is 6.26. The molecule has 0 atom stereocenters. The van der Waals surface area contributed by atoms with Crippen LogP contribution in [0.5, 0.6) is 0 Å². The van der Waals surface area contributed by atoms with Crippen LogP contribution in [0.15, 0.2) is 71.8 Å². The number of likely N-dealkylation sites (N-methyl/N-ethyl adjacent to an activating group) is 2. The lowest BCUT2D eigenvalue weighted by molar-refractivity contribution is -0.113. The first-order valence-electron chi connectivity index (χ1n) is 14.2. The topological polar surface area (TPSA) is 153 Å². The molecule has 6 rings (SSSR count). The number of fused-ring (bicyclic) bond motifs is 2. The molecule has 0 radical (unpaired) electrons. The number of benzene rings is 2. The molecule has 0 bridgehead atoms. The molecule has 3 aromatic heterocycles. The molecule has 12 nitrogen and oxygen atoms in total. The van der Waals surface area contributed by atoms with Crippen LogP contribution in [0.2, 0.25) is 0 Å². The van der Waals surface area contributed by atoms with Crippen molar-refractivity contribution in [1.82, 2.24) is 29.4 Å². The summed E-state index contributed by atoms with van der Waals surface area (Å²) in [6.07, 6.45) is 8.73. The van der Waals surface area contributed by atoms with Crippen molar-refractivity contribution >= 4 is 51.0 Å². The SMILES string of the molecule is CNC/C=C/C(=O)N(C)c1cccc(-n2c(=O)n(-c3ccc(C(=O)Nc4nc5c(s4)CCCC5)cc3)c3c(N)ncnc32)c1. The van der Waals surface area contributed by atoms with Crippen LogP contribution in [0.4, 0.5) is 16.6 Å². The van der Waals surface area contributed by atoms with Crippen molar-refractivity contribution in [3.8, 4) is 11.4 Å². The second-order valence-corrected chi connectivity index (χ2v) is 11.4. The molecule has 5 aromatic rings. The van der Waals surface area contributed by atoms with Gasteiger partial charge in [0.1, 0.15) is 11.8 Å². The van der Waals surface area contributed by atoms with Gasteiger partial charge in [-0.3, -0.25) is 19.5 Å². The number of nitrogen functional groups attached to an aromatic ring is 1. The Balaban J connectivity index is 1.33. The highest BCUT2D eigenvalue weighted by atomic mass is 32.1. The molecule has 1 aliphatic rings. The zero-order valence-electron chi connectivity index (χ0n) is 24.3. The van der Waals surface area contributed by atoms with E-state index in [0.717, 1.165) is 31.4 Å². The molecule has 44 heavy (non-hydrogen) atoms. The summed E-state index contributed by atoms with van der Waals surface area (Å²) in [6, 6.07) is 13.7. The number of imidazole rings is 1. The molecule has 0 saturated carbocycles. The van der Waals surface area contributed by atoms with Gasteiger partial charge in [-0.1, -0.05) is 12.1 Å². The standard InChI is InChI=1S/C31H31N9O3S/c1-33-16-6-11-25(41)38(2)21-7-5-8-22(17-21)40-28-26(27(32)34-18-35-28)39(31(40)43)20-14-12-19(13-15-20)29(42)37-30-36-23-9-3-4-10-24(23)44-30/h5-8,11-15,17-18,33H,3-4,9-10,16H2,1-2H3,(H2,32,34,35)(H,36,37,42)/b11-6+. The summed E-state index contributed by atoms with van der Waals surface area (Å²) in [5.41, 5.74) is 9.55. The van der Waals surface area contributed by atoms with Gasteiger partial charge in [-0.15, -0.1) is 11.3 Å². The Bertz CT molecular complexity index is 1930. The number of nitrogens with one attached hydrogen (secondary N) is 2. The van der Waals surface area contributed by atoms with Crippen LogP contribution < -0.4 is 27.0 Å². The summed E-state index contributed by atoms with van der Waals surface area (Å²) in [5.74, 6) is -0.368. The minimum Gasteiger partial charge on any atom is -0.382 e. The molecule has 0 unspecified atom stereocenters. The fraction of sp³-hybridized carbons (Fsp3) is 0.226. The van der Waals surface area contributed by atoms with Gasteiger partial charge in [-0.2, -0.15) is 0 Å². The molecule has 0 aliphatic heterocycles. The van der Waals surface area contributed by atoms with E-state index in [1.807, 2.05) is 0 Å². The van der Waals surface area contributed by atoms with E-state index in [4.69, 9.17) is 5.73 Å². The van der Waals surface area contributed by atoms with Gasteiger partial charge in [0.05, 0.1) is 17.1 Å². The second kappa shape index (κ2) is 12.2. The monoisotopic (exact) mass is 609 g/mol. The van der Waals surface area contributed by atoms with E-state index >= 15 is 0 Å². The van der Waals surface area contributed by atoms with Crippen LogP contribution in [0.25, 0.3) is 22.5 Å². The van der Waals surface area contributed by atoms with Gasteiger partial charge >= 0.3 is 5.69 Å². The Morgan fingerprint density at radius 1 is 1.07 bits per heavy atom. The molecule has 2 amide bonds. The van der Waals surface area contributed by atoms with Crippen molar-refractivity contribution in [2.24, 2.45) is 0 Å². The number of nitrogens with two attached hydrogens (primary N) is 1. The first-order valence-corrected chi connectivity index (χ1v) is 15.0. The molecule has 224 valence electrons. The number of amides is 2. The number of carbonyl (C=O) groups excluding carboxylic acids is 2. The van der Waals surface area contributed by atoms with Crippen LogP contribution in [0.3, 0.4) is 0 Å². The van der Waals surface area contributed by atoms with E-state index in [0.29, 0.717) is 45.5 Å². The fourth-order valence-electron chi connectivity index (χ4n) is 5.21. The molecule has 3 heterocycles. The zero-order chi connectivity index (χ0) is 30.8. The quantitative estimate of drug-likeness (QED) is 0.226. The number of aromatic nitrogens is 5. The average molecular weight is 610 g/mol. The van der Waals surface area contributed by atoms with Gasteiger partial charge in [0, 0.05) is 35.8 Å². The maximum absolute atomic E-state index is 14.0. The summed E-state index contributed by atoms with van der Waals surface area (Å²) in [5, 5.41) is 6.46. The Labute approximate surface area is 256 Å². The highest BCUT2D eigenvalue weighted by molar-refractivity contribution is 7.15. The molecule has 2 aromatic carbocycles. The Morgan fingerprint density at radius 3 is 2.64 bits per heavy atom. The van der Waals surface area contributed by atoms with E-state index < -0.39 is 5.69 Å². The molecule has 0 spiro atoms. The van der Waals surface area contributed by atoms with Crippen LogP contribution >= 0.6 is 11.3 Å². The third kappa shape index (κ3) is 5.50. The maximum atomic E-state index is 14.0. The normalized spacial score (nSPS) is 12.9. The number of anilines is 3. The molecular formula is C31H31N9O3S. The second-order valence-electron chi connectivity index (χ2n) is 10.4. The average Bonchev–Trinajstić information content (AvgIpc) is 3.58. The number of nitrogens with zero attached hydrogens (tertiary/aromatic N) is 6. The highest BCUT2D eigenvalue weighted by Gasteiger charge is 2.22. The predicted molar refractivity (Wildman–Crippen MR) is 172 cm³/mol. The van der Waals surface area contributed by atoms with Gasteiger partial charge < -0.3 is 16.0 Å². The van der Waals surface area contributed by atoms with E-state index in [-0.39, 0.29) is 17.6 Å². The number of hydrogen-bond donors (Lipinski definition) is 3. The van der Waals surface area contributed by atoms with E-state index in [9.17, 15) is 14.4 Å². The van der Waals surface area contributed by atoms with Crippen molar-refractivity contribution in [1.29, 1.82) is 0 Å². The number of thiazole rings is 1. The maximum Gasteiger partial charge on any atom is 0.339 e. The van der Waals surface area contributed by atoms with E-state index in [1.165, 1.54) is 42.7 Å². The van der Waals surface area contributed by atoms with Crippen molar-refractivity contribution in [3.63, 3.8) is 0 Å². The van der Waals surface area contributed by atoms with Crippen LogP contribution in [-0.4, -0.2) is 56.5 Å². The van der Waals surface area contributed by atoms with Crippen LogP contribution in [0, 0.1) is 0 Å². The van der Waals surface area contributed by atoms with Crippen molar-refractivity contribution in [2.75, 3.05) is 36.6 Å². The molecular weight excluding hydrogens is 578 g/mol.